The summed E-state index contributed by atoms with van der Waals surface area (Å²) >= 11 is -2.79. The number of fused-ring (bicyclic) bond motifs is 1. The van der Waals surface area contributed by atoms with Crippen LogP contribution in [0.15, 0.2) is 42.7 Å². The summed E-state index contributed by atoms with van der Waals surface area (Å²) < 4.78 is 30.7. The molecule has 1 aromatic carbocycles. The number of carboxylic acids is 1. The molecule has 4 rings (SSSR count). The third-order valence-electron chi connectivity index (χ3n) is 6.37. The maximum atomic E-state index is 13.4. The number of ether oxygens (including phenoxy) is 1. The number of hydrogen-bond donors (Lipinski definition) is 2. The van der Waals surface area contributed by atoms with Crippen molar-refractivity contribution in [1.29, 1.82) is 0 Å². The normalized spacial score (nSPS) is 17.0. The number of nitrogens with two attached hydrogens (primary N) is 1. The Morgan fingerprint density at radius 2 is 2.08 bits per heavy atom. The van der Waals surface area contributed by atoms with Gasteiger partial charge in [-0.1, -0.05) is 0 Å². The lowest BCUT2D eigenvalue weighted by Crippen LogP contribution is -2.48. The topological polar surface area (TPSA) is 165 Å². The summed E-state index contributed by atoms with van der Waals surface area (Å²) in [6.07, 6.45) is 3.00. The first kappa shape index (κ1) is 26.1. The number of carboxylic acid groups (broad SMARTS) is 1. The van der Waals surface area contributed by atoms with E-state index in [1.54, 1.807) is 55.5 Å². The number of carbonyl (C=O) groups excluding carboxylic acids is 1. The van der Waals surface area contributed by atoms with E-state index in [2.05, 4.69) is 9.97 Å². The highest BCUT2D eigenvalue weighted by Crippen LogP contribution is 2.32. The molecule has 0 spiro atoms. The number of amides is 1. The molecule has 12 nitrogen and oxygen atoms in total. The second-order valence-electron chi connectivity index (χ2n) is 8.79. The second-order valence-corrected chi connectivity index (χ2v) is 9.62. The Kier molecular flexibility index (Phi) is 7.45. The molecular weight excluding hydrogens is 500 g/mol. The number of anilines is 3. The van der Waals surface area contributed by atoms with E-state index < -0.39 is 35.2 Å². The highest BCUT2D eigenvalue weighted by Gasteiger charge is 2.42. The Hall–Kier alpha value is -3.97. The average molecular weight is 528 g/mol. The summed E-state index contributed by atoms with van der Waals surface area (Å²) in [5, 5.41) is 11.5. The van der Waals surface area contributed by atoms with E-state index in [0.29, 0.717) is 28.3 Å². The summed E-state index contributed by atoms with van der Waals surface area (Å²) in [7, 11) is 5.06. The number of methoxy groups -OCH3 is 1. The molecule has 1 unspecified atom stereocenters. The molecule has 37 heavy (non-hydrogen) atoms. The molecule has 1 aliphatic rings. The fourth-order valence-electron chi connectivity index (χ4n) is 4.52. The van der Waals surface area contributed by atoms with Gasteiger partial charge in [0.15, 0.2) is 0 Å². The van der Waals surface area contributed by atoms with Gasteiger partial charge in [-0.25, -0.2) is 14.8 Å². The van der Waals surface area contributed by atoms with Gasteiger partial charge in [0.2, 0.25) is 5.91 Å². The number of hydrogen-bond acceptors (Lipinski definition) is 9. The Bertz CT molecular complexity index is 1350. The van der Waals surface area contributed by atoms with Gasteiger partial charge in [0.25, 0.3) is 0 Å². The molecule has 1 saturated heterocycles. The minimum Gasteiger partial charge on any atom is -0.755 e. The second kappa shape index (κ2) is 10.6. The SMILES string of the molecule is COc1cc2c(N)nccc2cc1C[C@H](C(=O)O)N1CC[C@H](N(c2ccc(N(C)C)nc2)S(=O)[O-])C1=O. The molecule has 196 valence electrons. The number of likely N-dealkylation sites (tertiary alicyclic amines) is 1. The van der Waals surface area contributed by atoms with E-state index >= 15 is 0 Å². The van der Waals surface area contributed by atoms with Crippen LogP contribution < -0.4 is 19.7 Å². The largest absolute Gasteiger partial charge is 0.755 e. The van der Waals surface area contributed by atoms with Gasteiger partial charge in [0, 0.05) is 49.9 Å². The van der Waals surface area contributed by atoms with Crippen LogP contribution in [0.25, 0.3) is 10.8 Å². The highest BCUT2D eigenvalue weighted by atomic mass is 32.2. The van der Waals surface area contributed by atoms with Crippen LogP contribution in [0, 0.1) is 0 Å². The predicted molar refractivity (Wildman–Crippen MR) is 138 cm³/mol. The van der Waals surface area contributed by atoms with Crippen molar-refractivity contribution in [3.63, 3.8) is 0 Å². The third kappa shape index (κ3) is 5.13. The van der Waals surface area contributed by atoms with Gasteiger partial charge < -0.3 is 29.9 Å². The van der Waals surface area contributed by atoms with E-state index in [1.165, 1.54) is 18.2 Å². The molecule has 3 heterocycles. The van der Waals surface area contributed by atoms with E-state index in [9.17, 15) is 23.5 Å². The van der Waals surface area contributed by atoms with Crippen LogP contribution in [-0.4, -0.2) is 80.4 Å². The number of rotatable bonds is 9. The fraction of sp³-hybridized carbons (Fsp3) is 0.333. The molecule has 1 aliphatic heterocycles. The minimum absolute atomic E-state index is 0.0469. The Morgan fingerprint density at radius 1 is 1.32 bits per heavy atom. The smallest absolute Gasteiger partial charge is 0.326 e. The molecule has 1 fully saturated rings. The summed E-state index contributed by atoms with van der Waals surface area (Å²) in [5.74, 6) is -0.462. The van der Waals surface area contributed by atoms with Gasteiger partial charge in [0.1, 0.15) is 29.5 Å². The first-order chi connectivity index (χ1) is 17.6. The number of pyridine rings is 2. The molecule has 3 atom stereocenters. The van der Waals surface area contributed by atoms with Gasteiger partial charge in [-0.05, 0) is 47.7 Å². The first-order valence-corrected chi connectivity index (χ1v) is 12.4. The highest BCUT2D eigenvalue weighted by molar-refractivity contribution is 7.80. The van der Waals surface area contributed by atoms with Crippen molar-refractivity contribution in [2.75, 3.05) is 42.7 Å². The van der Waals surface area contributed by atoms with Gasteiger partial charge in [0.05, 0.1) is 19.0 Å². The summed E-state index contributed by atoms with van der Waals surface area (Å²) in [6.45, 7) is 0.0736. The molecule has 2 aromatic heterocycles. The zero-order chi connectivity index (χ0) is 26.9. The fourth-order valence-corrected chi connectivity index (χ4v) is 5.20. The average Bonchev–Trinajstić information content (AvgIpc) is 3.22. The molecule has 1 amide bonds. The van der Waals surface area contributed by atoms with Crippen molar-refractivity contribution in [1.82, 2.24) is 14.9 Å². The van der Waals surface area contributed by atoms with Gasteiger partial charge in [-0.2, -0.15) is 0 Å². The zero-order valence-electron chi connectivity index (χ0n) is 20.5. The van der Waals surface area contributed by atoms with E-state index in [0.717, 1.165) is 9.69 Å². The summed E-state index contributed by atoms with van der Waals surface area (Å²) in [6, 6.07) is 6.07. The molecule has 3 N–H and O–H groups in total. The van der Waals surface area contributed by atoms with E-state index in [1.807, 2.05) is 0 Å². The third-order valence-corrected chi connectivity index (χ3v) is 7.16. The van der Waals surface area contributed by atoms with Crippen molar-refractivity contribution in [2.45, 2.75) is 24.9 Å². The lowest BCUT2D eigenvalue weighted by atomic mass is 10.00. The van der Waals surface area contributed by atoms with E-state index in [4.69, 9.17) is 10.5 Å². The molecule has 0 bridgehead atoms. The van der Waals surface area contributed by atoms with Gasteiger partial charge in [-0.3, -0.25) is 13.3 Å². The lowest BCUT2D eigenvalue weighted by Gasteiger charge is -2.32. The maximum Gasteiger partial charge on any atom is 0.326 e. The monoisotopic (exact) mass is 527 g/mol. The Balaban J connectivity index is 1.62. The maximum absolute atomic E-state index is 13.4. The number of aliphatic carboxylic acids is 1. The van der Waals surface area contributed by atoms with E-state index in [-0.39, 0.29) is 25.1 Å². The van der Waals surface area contributed by atoms with Crippen LogP contribution in [0.4, 0.5) is 17.3 Å². The van der Waals surface area contributed by atoms with Crippen molar-refractivity contribution in [2.24, 2.45) is 0 Å². The van der Waals surface area contributed by atoms with Crippen molar-refractivity contribution < 1.29 is 28.2 Å². The zero-order valence-corrected chi connectivity index (χ0v) is 21.3. The molecule has 0 radical (unpaired) electrons. The molecule has 0 aliphatic carbocycles. The number of aromatic nitrogens is 2. The predicted octanol–water partition coefficient (Wildman–Crippen LogP) is 1.18. The summed E-state index contributed by atoms with van der Waals surface area (Å²) in [4.78, 5) is 37.0. The molecule has 3 aromatic rings. The van der Waals surface area contributed by atoms with Crippen molar-refractivity contribution in [3.05, 3.63) is 48.3 Å². The molecule has 13 heteroatoms. The quantitative estimate of drug-likeness (QED) is 0.386. The van der Waals surface area contributed by atoms with Crippen LogP contribution in [0.5, 0.6) is 5.75 Å². The number of nitrogens with zero attached hydrogens (tertiary/aromatic N) is 5. The number of nitrogen functional groups attached to an aromatic ring is 1. The van der Waals surface area contributed by atoms with Crippen molar-refractivity contribution in [3.8, 4) is 5.75 Å². The molecular formula is C24H27N6O6S-. The number of carbonyl (C=O) groups is 2. The van der Waals surface area contributed by atoms with Crippen LogP contribution in [0.3, 0.4) is 0 Å². The molecule has 0 saturated carbocycles. The summed E-state index contributed by atoms with van der Waals surface area (Å²) in [5.41, 5.74) is 6.74. The van der Waals surface area contributed by atoms with Crippen LogP contribution in [0.2, 0.25) is 0 Å². The van der Waals surface area contributed by atoms with Crippen LogP contribution >= 0.6 is 0 Å². The Labute approximate surface area is 216 Å². The number of benzene rings is 1. The van der Waals surface area contributed by atoms with Crippen LogP contribution in [-0.2, 0) is 27.3 Å². The van der Waals surface area contributed by atoms with Crippen molar-refractivity contribution >= 4 is 51.2 Å². The minimum atomic E-state index is -2.79. The standard InChI is InChI=1S/C24H28N6O6S/c1-28(2)21-5-4-16(13-27-21)30(37(34)35)18-7-9-29(23(18)31)19(24(32)33)11-15-10-14-6-8-26-22(25)17(14)12-20(15)36-3/h4-6,8,10,12-13,18-19H,7,9,11H2,1-3H3,(H2,25,26)(H,32,33)(H,34,35)/p-1/t18-,19+/m0/s1. The van der Waals surface area contributed by atoms with Gasteiger partial charge in [-0.15, -0.1) is 0 Å². The van der Waals surface area contributed by atoms with Crippen LogP contribution in [0.1, 0.15) is 12.0 Å². The Morgan fingerprint density at radius 3 is 2.68 bits per heavy atom. The first-order valence-electron chi connectivity index (χ1n) is 11.4. The lowest BCUT2D eigenvalue weighted by molar-refractivity contribution is -0.148. The van der Waals surface area contributed by atoms with Gasteiger partial charge >= 0.3 is 5.97 Å².